The number of halogens is 3. The molecule has 1 aromatic carbocycles. The molecule has 1 nitrogen and oxygen atoms in total. The summed E-state index contributed by atoms with van der Waals surface area (Å²) in [6.45, 7) is 2.07. The van der Waals surface area contributed by atoms with E-state index in [-0.39, 0.29) is 5.41 Å². The van der Waals surface area contributed by atoms with Crippen molar-refractivity contribution in [1.29, 1.82) is 0 Å². The van der Waals surface area contributed by atoms with Gasteiger partial charge in [-0.15, -0.1) is 23.2 Å². The molecule has 0 radical (unpaired) electrons. The second-order valence-corrected chi connectivity index (χ2v) is 6.00. The van der Waals surface area contributed by atoms with Gasteiger partial charge in [-0.1, -0.05) is 41.4 Å². The zero-order chi connectivity index (χ0) is 14.6. The lowest BCUT2D eigenvalue weighted by Crippen LogP contribution is -2.33. The summed E-state index contributed by atoms with van der Waals surface area (Å²) in [5, 5.41) is 0.653. The summed E-state index contributed by atoms with van der Waals surface area (Å²) >= 11 is 18.8. The first kappa shape index (κ1) is 15.6. The van der Waals surface area contributed by atoms with E-state index >= 15 is 0 Å². The number of pyridine rings is 1. The van der Waals surface area contributed by atoms with Gasteiger partial charge in [-0.25, -0.2) is 0 Å². The molecule has 106 valence electrons. The number of rotatable bonds is 5. The Morgan fingerprint density at radius 1 is 1.15 bits per heavy atom. The van der Waals surface area contributed by atoms with Crippen molar-refractivity contribution in [1.82, 2.24) is 4.98 Å². The molecule has 0 aliphatic heterocycles. The molecule has 0 saturated heterocycles. The average molecular weight is 329 g/mol. The predicted molar refractivity (Wildman–Crippen MR) is 87.2 cm³/mol. The van der Waals surface area contributed by atoms with Crippen LogP contribution in [-0.4, -0.2) is 16.7 Å². The molecule has 0 bridgehead atoms. The Morgan fingerprint density at radius 3 is 2.50 bits per heavy atom. The molecule has 0 unspecified atom stereocenters. The Balaban J connectivity index is 2.42. The molecule has 1 aromatic heterocycles. The monoisotopic (exact) mass is 327 g/mol. The molecule has 2 rings (SSSR count). The summed E-state index contributed by atoms with van der Waals surface area (Å²) in [6, 6.07) is 10.2. The van der Waals surface area contributed by atoms with Crippen molar-refractivity contribution in [2.45, 2.75) is 18.8 Å². The summed E-state index contributed by atoms with van der Waals surface area (Å²) < 4.78 is 0. The van der Waals surface area contributed by atoms with Crippen LogP contribution in [0.1, 0.15) is 16.7 Å². The highest BCUT2D eigenvalue weighted by atomic mass is 35.5. The maximum absolute atomic E-state index is 6.27. The minimum absolute atomic E-state index is 0.319. The zero-order valence-corrected chi connectivity index (χ0v) is 13.5. The summed E-state index contributed by atoms with van der Waals surface area (Å²) in [6.07, 6.45) is 4.09. The third-order valence-corrected chi connectivity index (χ3v) is 4.89. The summed E-state index contributed by atoms with van der Waals surface area (Å²) in [5.41, 5.74) is 3.04. The minimum Gasteiger partial charge on any atom is -0.263 e. The van der Waals surface area contributed by atoms with E-state index in [1.54, 1.807) is 12.4 Å². The van der Waals surface area contributed by atoms with Gasteiger partial charge in [0.05, 0.1) is 5.02 Å². The van der Waals surface area contributed by atoms with Gasteiger partial charge < -0.3 is 0 Å². The first-order valence-electron chi connectivity index (χ1n) is 6.39. The molecule has 20 heavy (non-hydrogen) atoms. The molecule has 0 fully saturated rings. The van der Waals surface area contributed by atoms with E-state index < -0.39 is 0 Å². The number of aromatic nitrogens is 1. The Labute approximate surface area is 134 Å². The van der Waals surface area contributed by atoms with Crippen molar-refractivity contribution < 1.29 is 0 Å². The van der Waals surface area contributed by atoms with E-state index in [9.17, 15) is 0 Å². The summed E-state index contributed by atoms with van der Waals surface area (Å²) in [5.74, 6) is 0.886. The fraction of sp³-hybridized carbons (Fsp3) is 0.312. The largest absolute Gasteiger partial charge is 0.263 e. The van der Waals surface area contributed by atoms with Crippen molar-refractivity contribution in [3.8, 4) is 0 Å². The SMILES string of the molecule is Cc1cccc(C(CCl)(CCl)Cc2ccncc2Cl)c1. The molecule has 4 heteroatoms. The van der Waals surface area contributed by atoms with Crippen LogP contribution in [0.5, 0.6) is 0 Å². The highest BCUT2D eigenvalue weighted by molar-refractivity contribution is 6.31. The molecule has 0 amide bonds. The number of hydrogen-bond acceptors (Lipinski definition) is 1. The van der Waals surface area contributed by atoms with Gasteiger partial charge in [0.25, 0.3) is 0 Å². The van der Waals surface area contributed by atoms with Gasteiger partial charge >= 0.3 is 0 Å². The van der Waals surface area contributed by atoms with Crippen LogP contribution >= 0.6 is 34.8 Å². The lowest BCUT2D eigenvalue weighted by molar-refractivity contribution is 0.536. The van der Waals surface area contributed by atoms with Crippen LogP contribution < -0.4 is 0 Å². The van der Waals surface area contributed by atoms with E-state index in [2.05, 4.69) is 30.1 Å². The molecule has 0 aliphatic carbocycles. The van der Waals surface area contributed by atoms with Crippen molar-refractivity contribution in [3.05, 3.63) is 64.4 Å². The highest BCUT2D eigenvalue weighted by Gasteiger charge is 2.31. The molecule has 2 aromatic rings. The quantitative estimate of drug-likeness (QED) is 0.704. The third kappa shape index (κ3) is 3.28. The zero-order valence-electron chi connectivity index (χ0n) is 11.2. The fourth-order valence-corrected chi connectivity index (χ4v) is 3.24. The Kier molecular flexibility index (Phi) is 5.31. The Bertz CT molecular complexity index is 579. The summed E-state index contributed by atoms with van der Waals surface area (Å²) in [7, 11) is 0. The summed E-state index contributed by atoms with van der Waals surface area (Å²) in [4.78, 5) is 4.02. The van der Waals surface area contributed by atoms with E-state index in [4.69, 9.17) is 34.8 Å². The molecular weight excluding hydrogens is 313 g/mol. The minimum atomic E-state index is -0.319. The standard InChI is InChI=1S/C16H16Cl3N/c1-12-3-2-4-14(7-12)16(10-17,11-18)8-13-5-6-20-9-15(13)19/h2-7,9H,8,10-11H2,1H3. The van der Waals surface area contributed by atoms with Gasteiger partial charge in [-0.3, -0.25) is 4.98 Å². The van der Waals surface area contributed by atoms with Crippen molar-refractivity contribution in [2.75, 3.05) is 11.8 Å². The first-order chi connectivity index (χ1) is 9.61. The lowest BCUT2D eigenvalue weighted by atomic mass is 9.78. The molecule has 0 N–H and O–H groups in total. The second-order valence-electron chi connectivity index (χ2n) is 5.06. The van der Waals surface area contributed by atoms with E-state index in [1.807, 2.05) is 12.1 Å². The average Bonchev–Trinajstić information content (AvgIpc) is 2.47. The smallest absolute Gasteiger partial charge is 0.0621 e. The van der Waals surface area contributed by atoms with E-state index in [0.717, 1.165) is 11.1 Å². The third-order valence-electron chi connectivity index (χ3n) is 3.53. The van der Waals surface area contributed by atoms with Crippen LogP contribution in [0.15, 0.2) is 42.7 Å². The highest BCUT2D eigenvalue weighted by Crippen LogP contribution is 2.33. The lowest BCUT2D eigenvalue weighted by Gasteiger charge is -2.31. The number of aryl methyl sites for hydroxylation is 1. The van der Waals surface area contributed by atoms with Crippen LogP contribution in [-0.2, 0) is 11.8 Å². The molecule has 0 spiro atoms. The Morgan fingerprint density at radius 2 is 1.90 bits per heavy atom. The van der Waals surface area contributed by atoms with Gasteiger partial charge in [0, 0.05) is 29.6 Å². The molecule has 0 saturated carbocycles. The van der Waals surface area contributed by atoms with Gasteiger partial charge in [0.1, 0.15) is 0 Å². The van der Waals surface area contributed by atoms with Gasteiger partial charge in [-0.2, -0.15) is 0 Å². The predicted octanol–water partition coefficient (Wildman–Crippen LogP) is 5.00. The topological polar surface area (TPSA) is 12.9 Å². The van der Waals surface area contributed by atoms with Gasteiger partial charge in [-0.05, 0) is 30.5 Å². The number of nitrogens with zero attached hydrogens (tertiary/aromatic N) is 1. The second kappa shape index (κ2) is 6.80. The number of alkyl halides is 2. The van der Waals surface area contributed by atoms with Crippen LogP contribution in [0.25, 0.3) is 0 Å². The van der Waals surface area contributed by atoms with Crippen molar-refractivity contribution >= 4 is 34.8 Å². The van der Waals surface area contributed by atoms with Gasteiger partial charge in [0.15, 0.2) is 0 Å². The van der Waals surface area contributed by atoms with E-state index in [0.29, 0.717) is 23.2 Å². The normalized spacial score (nSPS) is 11.6. The van der Waals surface area contributed by atoms with Crippen LogP contribution in [0, 0.1) is 6.92 Å². The van der Waals surface area contributed by atoms with Crippen molar-refractivity contribution in [2.24, 2.45) is 0 Å². The maximum Gasteiger partial charge on any atom is 0.0621 e. The molecular formula is C16H16Cl3N. The Hall–Kier alpha value is -0.760. The molecule has 1 heterocycles. The molecule has 0 atom stereocenters. The van der Waals surface area contributed by atoms with Crippen LogP contribution in [0.2, 0.25) is 5.02 Å². The number of benzene rings is 1. The number of hydrogen-bond donors (Lipinski definition) is 0. The maximum atomic E-state index is 6.27. The van der Waals surface area contributed by atoms with Crippen molar-refractivity contribution in [3.63, 3.8) is 0 Å². The first-order valence-corrected chi connectivity index (χ1v) is 7.83. The molecule has 0 aliphatic rings. The van der Waals surface area contributed by atoms with Crippen LogP contribution in [0.4, 0.5) is 0 Å². The van der Waals surface area contributed by atoms with E-state index in [1.165, 1.54) is 5.56 Å². The van der Waals surface area contributed by atoms with Crippen LogP contribution in [0.3, 0.4) is 0 Å². The van der Waals surface area contributed by atoms with Gasteiger partial charge in [0.2, 0.25) is 0 Å². The fourth-order valence-electron chi connectivity index (χ4n) is 2.27.